The minimum absolute atomic E-state index is 0.252. The lowest BCUT2D eigenvalue weighted by molar-refractivity contribution is 0.445. The zero-order valence-electron chi connectivity index (χ0n) is 6.11. The maximum atomic E-state index is 8.67. The molecule has 12 heavy (non-hydrogen) atoms. The zero-order chi connectivity index (χ0) is 8.55. The molecule has 0 amide bonds. The Morgan fingerprint density at radius 1 is 1.50 bits per heavy atom. The molecule has 0 aliphatic rings. The van der Waals surface area contributed by atoms with Crippen molar-refractivity contribution in [3.05, 3.63) is 23.8 Å². The number of anilines is 1. The molecule has 1 aromatic heterocycles. The molecule has 2 N–H and O–H groups in total. The van der Waals surface area contributed by atoms with E-state index in [1.807, 2.05) is 6.07 Å². The Labute approximate surface area is 68.2 Å². The van der Waals surface area contributed by atoms with Crippen molar-refractivity contribution >= 4 is 16.8 Å². The summed E-state index contributed by atoms with van der Waals surface area (Å²) in [6.45, 7) is 0. The molecular weight excluding hydrogens is 154 g/mol. The van der Waals surface area contributed by atoms with Crippen LogP contribution in [-0.4, -0.2) is 5.16 Å². The van der Waals surface area contributed by atoms with Crippen LogP contribution in [0.25, 0.3) is 10.9 Å². The first-order chi connectivity index (χ1) is 5.83. The molecule has 0 spiro atoms. The third-order valence-corrected chi connectivity index (χ3v) is 1.66. The molecule has 0 fully saturated rings. The van der Waals surface area contributed by atoms with Gasteiger partial charge in [-0.15, -0.1) is 0 Å². The van der Waals surface area contributed by atoms with E-state index < -0.39 is 0 Å². The summed E-state index contributed by atoms with van der Waals surface area (Å²) in [4.78, 5) is 0. The van der Waals surface area contributed by atoms with Crippen molar-refractivity contribution in [2.75, 3.05) is 5.73 Å². The highest BCUT2D eigenvalue weighted by molar-refractivity contribution is 5.91. The molecule has 2 rings (SSSR count). The Morgan fingerprint density at radius 3 is 3.08 bits per heavy atom. The van der Waals surface area contributed by atoms with Crippen LogP contribution in [0.3, 0.4) is 0 Å². The van der Waals surface area contributed by atoms with Crippen molar-refractivity contribution in [2.45, 2.75) is 0 Å². The quantitative estimate of drug-likeness (QED) is 0.628. The number of aromatic nitrogens is 1. The number of fused-ring (bicyclic) bond motifs is 1. The second-order valence-corrected chi connectivity index (χ2v) is 2.36. The van der Waals surface area contributed by atoms with Gasteiger partial charge >= 0.3 is 0 Å². The summed E-state index contributed by atoms with van der Waals surface area (Å²) in [5.74, 6) is 0.252. The van der Waals surface area contributed by atoms with Crippen LogP contribution < -0.4 is 5.73 Å². The van der Waals surface area contributed by atoms with E-state index in [4.69, 9.17) is 15.5 Å². The van der Waals surface area contributed by atoms with Gasteiger partial charge in [0.15, 0.2) is 0 Å². The number of nitrogens with two attached hydrogens (primary N) is 1. The van der Waals surface area contributed by atoms with Crippen molar-refractivity contribution in [3.8, 4) is 6.07 Å². The van der Waals surface area contributed by atoms with Crippen LogP contribution in [0.2, 0.25) is 0 Å². The van der Waals surface area contributed by atoms with Gasteiger partial charge in [-0.1, -0.05) is 11.2 Å². The van der Waals surface area contributed by atoms with Gasteiger partial charge in [-0.2, -0.15) is 5.26 Å². The molecule has 0 atom stereocenters. The van der Waals surface area contributed by atoms with Gasteiger partial charge in [0, 0.05) is 0 Å². The van der Waals surface area contributed by atoms with E-state index in [2.05, 4.69) is 5.16 Å². The molecule has 4 heteroatoms. The summed E-state index contributed by atoms with van der Waals surface area (Å²) in [5, 5.41) is 13.0. The van der Waals surface area contributed by atoms with Crippen molar-refractivity contribution in [1.29, 1.82) is 5.26 Å². The SMILES string of the molecule is N#Cc1cccc2c(N)onc12. The standard InChI is InChI=1S/C8H5N3O/c9-4-5-2-1-3-6-7(5)11-12-8(6)10/h1-3H,10H2. The van der Waals surface area contributed by atoms with Gasteiger partial charge in [0.05, 0.1) is 10.9 Å². The average Bonchev–Trinajstić information content (AvgIpc) is 2.48. The molecule has 58 valence electrons. The second kappa shape index (κ2) is 2.24. The molecule has 0 saturated heterocycles. The largest absolute Gasteiger partial charge is 0.367 e. The van der Waals surface area contributed by atoms with E-state index >= 15 is 0 Å². The smallest absolute Gasteiger partial charge is 0.230 e. The van der Waals surface area contributed by atoms with E-state index in [0.717, 1.165) is 0 Å². The third-order valence-electron chi connectivity index (χ3n) is 1.66. The van der Waals surface area contributed by atoms with Crippen LogP contribution in [0.15, 0.2) is 22.7 Å². The average molecular weight is 159 g/mol. The van der Waals surface area contributed by atoms with Gasteiger partial charge in [0.25, 0.3) is 0 Å². The van der Waals surface area contributed by atoms with Crippen molar-refractivity contribution in [1.82, 2.24) is 5.16 Å². The fourth-order valence-electron chi connectivity index (χ4n) is 1.07. The number of benzene rings is 1. The summed E-state index contributed by atoms with van der Waals surface area (Å²) in [6.07, 6.45) is 0. The molecule has 0 unspecified atom stereocenters. The zero-order valence-corrected chi connectivity index (χ0v) is 6.11. The van der Waals surface area contributed by atoms with Crippen LogP contribution in [-0.2, 0) is 0 Å². The van der Waals surface area contributed by atoms with Crippen LogP contribution in [0.1, 0.15) is 5.56 Å². The van der Waals surface area contributed by atoms with Gasteiger partial charge in [0.2, 0.25) is 5.88 Å². The van der Waals surface area contributed by atoms with Gasteiger partial charge in [-0.25, -0.2) is 0 Å². The molecule has 0 saturated carbocycles. The lowest BCUT2D eigenvalue weighted by Crippen LogP contribution is -1.80. The monoisotopic (exact) mass is 159 g/mol. The summed E-state index contributed by atoms with van der Waals surface area (Å²) >= 11 is 0. The molecule has 0 bridgehead atoms. The predicted molar refractivity (Wildman–Crippen MR) is 43.1 cm³/mol. The summed E-state index contributed by atoms with van der Waals surface area (Å²) < 4.78 is 4.73. The Kier molecular flexibility index (Phi) is 1.25. The predicted octanol–water partition coefficient (Wildman–Crippen LogP) is 1.28. The highest BCUT2D eigenvalue weighted by Crippen LogP contribution is 2.22. The highest BCUT2D eigenvalue weighted by Gasteiger charge is 2.07. The number of nitriles is 1. The maximum absolute atomic E-state index is 8.67. The minimum Gasteiger partial charge on any atom is -0.367 e. The van der Waals surface area contributed by atoms with Crippen molar-refractivity contribution in [3.63, 3.8) is 0 Å². The fourth-order valence-corrected chi connectivity index (χ4v) is 1.07. The Bertz CT molecular complexity index is 467. The van der Waals surface area contributed by atoms with E-state index in [0.29, 0.717) is 16.5 Å². The fraction of sp³-hybridized carbons (Fsp3) is 0. The first kappa shape index (κ1) is 6.68. The Hall–Kier alpha value is -2.02. The van der Waals surface area contributed by atoms with Gasteiger partial charge < -0.3 is 10.3 Å². The van der Waals surface area contributed by atoms with Crippen molar-refractivity contribution < 1.29 is 4.52 Å². The molecule has 0 aliphatic heterocycles. The molecule has 2 aromatic rings. The first-order valence-corrected chi connectivity index (χ1v) is 3.37. The molecule has 4 nitrogen and oxygen atoms in total. The van der Waals surface area contributed by atoms with Crippen LogP contribution in [0.4, 0.5) is 5.88 Å². The molecule has 0 radical (unpaired) electrons. The second-order valence-electron chi connectivity index (χ2n) is 2.36. The molecule has 0 aliphatic carbocycles. The number of hydrogen-bond donors (Lipinski definition) is 1. The molecule has 1 heterocycles. The Morgan fingerprint density at radius 2 is 2.33 bits per heavy atom. The summed E-state index contributed by atoms with van der Waals surface area (Å²) in [6, 6.07) is 7.19. The highest BCUT2D eigenvalue weighted by atomic mass is 16.5. The van der Waals surface area contributed by atoms with Gasteiger partial charge in [-0.05, 0) is 12.1 Å². The number of hydrogen-bond acceptors (Lipinski definition) is 4. The minimum atomic E-state index is 0.252. The summed E-state index contributed by atoms with van der Waals surface area (Å²) in [5.41, 5.74) is 6.47. The maximum Gasteiger partial charge on any atom is 0.230 e. The van der Waals surface area contributed by atoms with E-state index in [1.165, 1.54) is 0 Å². The van der Waals surface area contributed by atoms with E-state index in [9.17, 15) is 0 Å². The number of nitrogens with zero attached hydrogens (tertiary/aromatic N) is 2. The lowest BCUT2D eigenvalue weighted by atomic mass is 10.1. The number of nitrogen functional groups attached to an aromatic ring is 1. The molecular formula is C8H5N3O. The van der Waals surface area contributed by atoms with E-state index in [1.54, 1.807) is 18.2 Å². The summed E-state index contributed by atoms with van der Waals surface area (Å²) in [7, 11) is 0. The normalized spacial score (nSPS) is 9.92. The van der Waals surface area contributed by atoms with Crippen LogP contribution >= 0.6 is 0 Å². The topological polar surface area (TPSA) is 75.8 Å². The first-order valence-electron chi connectivity index (χ1n) is 3.37. The Balaban J connectivity index is 2.92. The van der Waals surface area contributed by atoms with Crippen LogP contribution in [0, 0.1) is 11.3 Å². The molecule has 1 aromatic carbocycles. The number of rotatable bonds is 0. The third kappa shape index (κ3) is 0.736. The lowest BCUT2D eigenvalue weighted by Gasteiger charge is -1.87. The van der Waals surface area contributed by atoms with E-state index in [-0.39, 0.29) is 5.88 Å². The van der Waals surface area contributed by atoms with Gasteiger partial charge in [0.1, 0.15) is 11.6 Å². The van der Waals surface area contributed by atoms with Gasteiger partial charge in [-0.3, -0.25) is 0 Å². The van der Waals surface area contributed by atoms with Crippen LogP contribution in [0.5, 0.6) is 0 Å². The van der Waals surface area contributed by atoms with Crippen molar-refractivity contribution in [2.24, 2.45) is 0 Å².